The normalized spacial score (nSPS) is 46.8. The first-order valence-electron chi connectivity index (χ1n) is 17.0. The molecule has 256 valence electrons. The van der Waals surface area contributed by atoms with Crippen LogP contribution in [0.25, 0.3) is 0 Å². The number of carbonyl (C=O) groups is 1. The monoisotopic (exact) mass is 643 g/mol. The Kier molecular flexibility index (Phi) is 8.28. The summed E-state index contributed by atoms with van der Waals surface area (Å²) in [4.78, 5) is 14.2. The molecule has 5 aliphatic rings. The zero-order valence-corrected chi connectivity index (χ0v) is 27.8. The van der Waals surface area contributed by atoms with Crippen LogP contribution in [0.4, 0.5) is 0 Å². The van der Waals surface area contributed by atoms with Gasteiger partial charge in [0.1, 0.15) is 6.10 Å². The number of aliphatic hydroxyl groups is 5. The Morgan fingerprint density at radius 1 is 1.07 bits per heavy atom. The van der Waals surface area contributed by atoms with Crippen molar-refractivity contribution in [2.45, 2.75) is 114 Å². The summed E-state index contributed by atoms with van der Waals surface area (Å²) in [5.41, 5.74) is -3.53. The Morgan fingerprint density at radius 2 is 1.76 bits per heavy atom. The van der Waals surface area contributed by atoms with Crippen LogP contribution < -0.4 is 5.32 Å². The Hall–Kier alpha value is -2.05. The third kappa shape index (κ3) is 4.58. The lowest BCUT2D eigenvalue weighted by Gasteiger charge is -2.61. The van der Waals surface area contributed by atoms with E-state index >= 15 is 0 Å². The van der Waals surface area contributed by atoms with Crippen LogP contribution in [0.2, 0.25) is 0 Å². The largest absolute Gasteiger partial charge is 0.504 e. The van der Waals surface area contributed by atoms with Gasteiger partial charge in [-0.1, -0.05) is 33.8 Å². The summed E-state index contributed by atoms with van der Waals surface area (Å²) in [5.74, 6) is -3.24. The number of allylic oxidation sites excluding steroid dienone is 1. The van der Waals surface area contributed by atoms with Crippen LogP contribution in [-0.2, 0) is 9.53 Å². The molecule has 1 heterocycles. The molecule has 1 aromatic carbocycles. The van der Waals surface area contributed by atoms with Gasteiger partial charge in [-0.05, 0) is 98.7 Å². The van der Waals surface area contributed by atoms with E-state index in [0.29, 0.717) is 24.0 Å². The molecule has 10 nitrogen and oxygen atoms in total. The number of benzene rings is 1. The summed E-state index contributed by atoms with van der Waals surface area (Å²) in [6.45, 7) is 10.5. The smallest absolute Gasteiger partial charge is 0.160 e. The number of phenolic OH excluding ortho intramolecular Hbond substituents is 2. The van der Waals surface area contributed by atoms with Crippen molar-refractivity contribution in [3.63, 3.8) is 0 Å². The lowest BCUT2D eigenvalue weighted by Crippen LogP contribution is -2.64. The van der Waals surface area contributed by atoms with Gasteiger partial charge in [-0.2, -0.15) is 0 Å². The number of ketones is 1. The molecule has 1 saturated heterocycles. The Morgan fingerprint density at radius 3 is 2.41 bits per heavy atom. The molecule has 0 radical (unpaired) electrons. The summed E-state index contributed by atoms with van der Waals surface area (Å²) in [5, 5.41) is 82.2. The minimum absolute atomic E-state index is 0.127. The van der Waals surface area contributed by atoms with Gasteiger partial charge in [-0.25, -0.2) is 0 Å². The van der Waals surface area contributed by atoms with Crippen molar-refractivity contribution >= 4 is 5.78 Å². The van der Waals surface area contributed by atoms with Gasteiger partial charge in [0.2, 0.25) is 0 Å². The number of ether oxygens (including phenoxy) is 1. The molecule has 0 aromatic heterocycles. The second-order valence-corrected chi connectivity index (χ2v) is 16.1. The van der Waals surface area contributed by atoms with Gasteiger partial charge in [-0.15, -0.1) is 0 Å². The van der Waals surface area contributed by atoms with Crippen molar-refractivity contribution < 1.29 is 45.3 Å². The maximum Gasteiger partial charge on any atom is 0.160 e. The highest BCUT2D eigenvalue weighted by Crippen LogP contribution is 2.71. The van der Waals surface area contributed by atoms with Crippen LogP contribution in [0.15, 0.2) is 29.8 Å². The van der Waals surface area contributed by atoms with E-state index in [0.717, 1.165) is 13.0 Å². The number of nitrogens with one attached hydrogen (secondary N) is 1. The van der Waals surface area contributed by atoms with Gasteiger partial charge in [-0.3, -0.25) is 4.79 Å². The maximum atomic E-state index is 14.2. The predicted octanol–water partition coefficient (Wildman–Crippen LogP) is 2.37. The lowest BCUT2D eigenvalue weighted by molar-refractivity contribution is -0.177. The van der Waals surface area contributed by atoms with E-state index in [2.05, 4.69) is 12.2 Å². The van der Waals surface area contributed by atoms with Crippen molar-refractivity contribution in [3.8, 4) is 11.5 Å². The van der Waals surface area contributed by atoms with E-state index in [4.69, 9.17) is 4.74 Å². The molecule has 0 bridgehead atoms. The van der Waals surface area contributed by atoms with Crippen LogP contribution in [-0.4, -0.2) is 96.8 Å². The quantitative estimate of drug-likeness (QED) is 0.206. The van der Waals surface area contributed by atoms with Crippen LogP contribution in [0.3, 0.4) is 0 Å². The molecule has 1 aromatic rings. The number of fused-ring (bicyclic) bond motifs is 7. The molecule has 0 amide bonds. The van der Waals surface area contributed by atoms with E-state index < -0.39 is 70.3 Å². The van der Waals surface area contributed by atoms with Gasteiger partial charge < -0.3 is 45.8 Å². The highest BCUT2D eigenvalue weighted by molar-refractivity contribution is 5.96. The molecule has 3 saturated carbocycles. The predicted molar refractivity (Wildman–Crippen MR) is 170 cm³/mol. The lowest BCUT2D eigenvalue weighted by atomic mass is 9.44. The zero-order chi connectivity index (χ0) is 33.7. The van der Waals surface area contributed by atoms with E-state index in [1.165, 1.54) is 12.1 Å². The summed E-state index contributed by atoms with van der Waals surface area (Å²) >= 11 is 0. The summed E-state index contributed by atoms with van der Waals surface area (Å²) in [7, 11) is 1.89. The molecule has 8 N–H and O–H groups in total. The van der Waals surface area contributed by atoms with E-state index in [9.17, 15) is 40.5 Å². The van der Waals surface area contributed by atoms with E-state index in [-0.39, 0.29) is 47.9 Å². The number of aliphatic hydroxyl groups excluding tert-OH is 3. The van der Waals surface area contributed by atoms with E-state index in [1.54, 1.807) is 19.1 Å². The molecule has 4 aliphatic carbocycles. The molecule has 15 unspecified atom stereocenters. The Balaban J connectivity index is 1.34. The van der Waals surface area contributed by atoms with Gasteiger partial charge in [0, 0.05) is 29.6 Å². The standard InChI is InChI=1S/C36H53NO9/c1-17(10-12-37-6)18(2)29(42)32-35(5,44)31-26(46-32)16-36(45)21-14-24(40)28-27(19-7-8-22(38)23(39)13-19)30(43)25(41)15-33(28,3)20(21)9-11-34(31,36)4/h7-8,13-14,17-18,20,25-32,37-39,41-45H,9-12,15-16H2,1-6H3. The van der Waals surface area contributed by atoms with Crippen LogP contribution in [0, 0.1) is 40.4 Å². The second-order valence-electron chi connectivity index (χ2n) is 16.1. The number of phenols is 2. The van der Waals surface area contributed by atoms with Crippen LogP contribution in [0.5, 0.6) is 11.5 Å². The fraction of sp³-hybridized carbons (Fsp3) is 0.750. The number of hydrogen-bond acceptors (Lipinski definition) is 10. The third-order valence-corrected chi connectivity index (χ3v) is 13.7. The van der Waals surface area contributed by atoms with Gasteiger partial charge in [0.05, 0.1) is 35.6 Å². The van der Waals surface area contributed by atoms with Crippen molar-refractivity contribution in [3.05, 3.63) is 35.4 Å². The first-order valence-corrected chi connectivity index (χ1v) is 17.0. The number of hydrogen-bond donors (Lipinski definition) is 8. The number of rotatable bonds is 7. The molecule has 1 aliphatic heterocycles. The Bertz CT molecular complexity index is 1400. The SMILES string of the molecule is CNCCC(C)C(C)C(O)C1OC2CC3(O)C4=CC(=O)C5C(c6ccc(O)c(O)c6)C(O)C(O)CC5(C)C4CCC3(C)C2C1(C)O. The number of aromatic hydroxyl groups is 2. The van der Waals surface area contributed by atoms with Crippen molar-refractivity contribution in [1.29, 1.82) is 0 Å². The first-order chi connectivity index (χ1) is 21.4. The molecule has 4 fully saturated rings. The van der Waals surface area contributed by atoms with Gasteiger partial charge in [0.15, 0.2) is 17.3 Å². The summed E-state index contributed by atoms with van der Waals surface area (Å²) in [6.07, 6.45) is -0.810. The summed E-state index contributed by atoms with van der Waals surface area (Å²) in [6, 6.07) is 4.21. The first kappa shape index (κ1) is 33.8. The third-order valence-electron chi connectivity index (χ3n) is 13.7. The molecule has 0 spiro atoms. The highest BCUT2D eigenvalue weighted by Gasteiger charge is 2.75. The fourth-order valence-corrected chi connectivity index (χ4v) is 11.0. The summed E-state index contributed by atoms with van der Waals surface area (Å²) < 4.78 is 6.52. The molecule has 10 heteroatoms. The van der Waals surface area contributed by atoms with E-state index in [1.807, 2.05) is 27.8 Å². The molecular weight excluding hydrogens is 590 g/mol. The molecular formula is C36H53NO9. The minimum Gasteiger partial charge on any atom is -0.504 e. The highest BCUT2D eigenvalue weighted by atomic mass is 16.5. The van der Waals surface area contributed by atoms with Crippen molar-refractivity contribution in [2.24, 2.45) is 40.4 Å². The fourth-order valence-electron chi connectivity index (χ4n) is 11.0. The van der Waals surface area contributed by atoms with Gasteiger partial charge in [0.25, 0.3) is 0 Å². The maximum absolute atomic E-state index is 14.2. The zero-order valence-electron chi connectivity index (χ0n) is 27.8. The second kappa shape index (κ2) is 11.3. The van der Waals surface area contributed by atoms with Crippen LogP contribution >= 0.6 is 0 Å². The average molecular weight is 644 g/mol. The van der Waals surface area contributed by atoms with Crippen molar-refractivity contribution in [1.82, 2.24) is 5.32 Å². The number of carbonyl (C=O) groups excluding carboxylic acids is 1. The molecule has 46 heavy (non-hydrogen) atoms. The minimum atomic E-state index is -1.46. The van der Waals surface area contributed by atoms with Crippen molar-refractivity contribution in [2.75, 3.05) is 13.6 Å². The van der Waals surface area contributed by atoms with Crippen LogP contribution in [0.1, 0.15) is 78.2 Å². The molecule has 15 atom stereocenters. The average Bonchev–Trinajstić information content (AvgIpc) is 3.40. The Labute approximate surface area is 271 Å². The van der Waals surface area contributed by atoms with Gasteiger partial charge >= 0.3 is 0 Å². The molecule has 6 rings (SSSR count). The topological polar surface area (TPSA) is 180 Å².